The van der Waals surface area contributed by atoms with E-state index in [1.807, 2.05) is 38.9 Å². The number of anilines is 1. The van der Waals surface area contributed by atoms with E-state index < -0.39 is 52.0 Å². The van der Waals surface area contributed by atoms with Gasteiger partial charge in [-0.3, -0.25) is 14.4 Å². The minimum atomic E-state index is -2.56. The van der Waals surface area contributed by atoms with Gasteiger partial charge >= 0.3 is 0 Å². The predicted molar refractivity (Wildman–Crippen MR) is 128 cm³/mol. The number of hydrogen-bond donors (Lipinski definition) is 6. The zero-order chi connectivity index (χ0) is 26.0. The van der Waals surface area contributed by atoms with Gasteiger partial charge in [-0.2, -0.15) is 0 Å². The first-order chi connectivity index (χ1) is 16.3. The van der Waals surface area contributed by atoms with Crippen molar-refractivity contribution < 1.29 is 34.8 Å². The summed E-state index contributed by atoms with van der Waals surface area (Å²) in [7, 11) is 3.67. The Morgan fingerprint density at radius 1 is 1.23 bits per heavy atom. The molecule has 3 aliphatic rings. The van der Waals surface area contributed by atoms with Crippen LogP contribution in [0.2, 0.25) is 0 Å². The maximum Gasteiger partial charge on any atom is 0.255 e. The van der Waals surface area contributed by atoms with Gasteiger partial charge < -0.3 is 36.4 Å². The van der Waals surface area contributed by atoms with E-state index in [4.69, 9.17) is 5.73 Å². The number of aromatic hydroxyl groups is 1. The molecule has 188 valence electrons. The Bertz CT molecular complexity index is 1210. The molecule has 35 heavy (non-hydrogen) atoms. The molecule has 4 rings (SSSR count). The summed E-state index contributed by atoms with van der Waals surface area (Å²) in [5.41, 5.74) is 3.74. The van der Waals surface area contributed by atoms with Crippen molar-refractivity contribution in [1.82, 2.24) is 5.32 Å². The number of ketones is 2. The molecule has 1 amide bonds. The summed E-state index contributed by atoms with van der Waals surface area (Å²) in [6.45, 7) is 4.23. The predicted octanol–water partition coefficient (Wildman–Crippen LogP) is 0.988. The second-order valence-corrected chi connectivity index (χ2v) is 10.1. The molecular weight excluding hydrogens is 454 g/mol. The monoisotopic (exact) mass is 485 g/mol. The number of nitrogens with zero attached hydrogens (tertiary/aromatic N) is 1. The van der Waals surface area contributed by atoms with Crippen LogP contribution in [-0.2, 0) is 27.3 Å². The molecule has 7 N–H and O–H groups in total. The van der Waals surface area contributed by atoms with Crippen molar-refractivity contribution in [2.45, 2.75) is 51.3 Å². The molecule has 0 aromatic heterocycles. The van der Waals surface area contributed by atoms with Gasteiger partial charge in [0.1, 0.15) is 22.8 Å². The average molecular weight is 486 g/mol. The van der Waals surface area contributed by atoms with Crippen LogP contribution in [0.4, 0.5) is 5.69 Å². The quantitative estimate of drug-likeness (QED) is 0.332. The molecule has 0 bridgehead atoms. The molecule has 1 aromatic carbocycles. The molecule has 0 unspecified atom stereocenters. The fraction of sp³-hybridized carbons (Fsp3) is 0.480. The van der Waals surface area contributed by atoms with Gasteiger partial charge in [0.15, 0.2) is 11.4 Å². The van der Waals surface area contributed by atoms with E-state index in [0.29, 0.717) is 17.7 Å². The van der Waals surface area contributed by atoms with Crippen molar-refractivity contribution in [3.05, 3.63) is 39.7 Å². The highest BCUT2D eigenvalue weighted by Gasteiger charge is 2.60. The highest BCUT2D eigenvalue weighted by Crippen LogP contribution is 2.53. The maximum absolute atomic E-state index is 13.6. The fourth-order valence-corrected chi connectivity index (χ4v) is 5.57. The molecular formula is C25H31N3O7. The van der Waals surface area contributed by atoms with Crippen molar-refractivity contribution in [2.24, 2.45) is 17.6 Å². The molecule has 3 aliphatic carbocycles. The number of nitrogens with one attached hydrogen (secondary N) is 1. The molecule has 0 radical (unpaired) electrons. The lowest BCUT2D eigenvalue weighted by atomic mass is 9.59. The van der Waals surface area contributed by atoms with Gasteiger partial charge in [0.25, 0.3) is 5.91 Å². The van der Waals surface area contributed by atoms with Gasteiger partial charge in [-0.15, -0.1) is 0 Å². The number of phenolic OH excluding ortho intramolecular Hbond substituents is 1. The van der Waals surface area contributed by atoms with Gasteiger partial charge in [-0.25, -0.2) is 0 Å². The van der Waals surface area contributed by atoms with Crippen LogP contribution in [0, 0.1) is 11.8 Å². The molecule has 0 spiro atoms. The van der Waals surface area contributed by atoms with E-state index in [-0.39, 0.29) is 42.2 Å². The average Bonchev–Trinajstić information content (AvgIpc) is 2.75. The molecule has 1 fully saturated rings. The SMILES string of the molecule is CC(C)NCc1cc(N(C)C)c2c(c1O)C(O)=C1C(=O)[C@]3(O)C(O)=C(C(N)=O)C(=O)C[C@@H]3C[C@@H]1C2. The number of nitrogens with two attached hydrogens (primary N) is 1. The largest absolute Gasteiger partial charge is 0.508 e. The number of aliphatic hydroxyl groups excluding tert-OH is 2. The third kappa shape index (κ3) is 3.59. The normalized spacial score (nSPS) is 26.0. The molecule has 0 aliphatic heterocycles. The highest BCUT2D eigenvalue weighted by atomic mass is 16.3. The first-order valence-electron chi connectivity index (χ1n) is 11.6. The second-order valence-electron chi connectivity index (χ2n) is 10.1. The number of rotatable bonds is 5. The Labute approximate surface area is 202 Å². The van der Waals surface area contributed by atoms with Gasteiger partial charge in [0.2, 0.25) is 5.78 Å². The van der Waals surface area contributed by atoms with E-state index in [1.165, 1.54) is 0 Å². The highest BCUT2D eigenvalue weighted by molar-refractivity contribution is 6.22. The molecule has 1 aromatic rings. The Morgan fingerprint density at radius 3 is 2.46 bits per heavy atom. The molecule has 0 heterocycles. The van der Waals surface area contributed by atoms with Crippen LogP contribution in [0.15, 0.2) is 23.0 Å². The van der Waals surface area contributed by atoms with Gasteiger partial charge in [0.05, 0.1) is 5.56 Å². The number of aliphatic hydroxyl groups is 3. The van der Waals surface area contributed by atoms with E-state index in [2.05, 4.69) is 5.32 Å². The van der Waals surface area contributed by atoms with Crippen molar-refractivity contribution >= 4 is 28.9 Å². The topological polar surface area (TPSA) is 173 Å². The molecule has 1 saturated carbocycles. The van der Waals surface area contributed by atoms with Crippen LogP contribution >= 0.6 is 0 Å². The zero-order valence-corrected chi connectivity index (χ0v) is 20.2. The van der Waals surface area contributed by atoms with Crippen LogP contribution in [-0.4, -0.2) is 63.6 Å². The first kappa shape index (κ1) is 24.7. The Morgan fingerprint density at radius 2 is 1.89 bits per heavy atom. The number of Topliss-reactive ketones (excluding diaryl/α,β-unsaturated/α-hetero) is 2. The zero-order valence-electron chi connectivity index (χ0n) is 20.2. The lowest BCUT2D eigenvalue weighted by Crippen LogP contribution is -2.58. The summed E-state index contributed by atoms with van der Waals surface area (Å²) in [4.78, 5) is 39.7. The summed E-state index contributed by atoms with van der Waals surface area (Å²) < 4.78 is 0. The molecule has 0 saturated heterocycles. The van der Waals surface area contributed by atoms with Crippen LogP contribution in [0.25, 0.3) is 5.76 Å². The number of fused-ring (bicyclic) bond motifs is 3. The van der Waals surface area contributed by atoms with Crippen molar-refractivity contribution in [3.8, 4) is 5.75 Å². The van der Waals surface area contributed by atoms with Crippen molar-refractivity contribution in [3.63, 3.8) is 0 Å². The summed E-state index contributed by atoms with van der Waals surface area (Å²) in [5.74, 6) is -6.26. The number of phenols is 1. The van der Waals surface area contributed by atoms with Crippen molar-refractivity contribution in [1.29, 1.82) is 0 Å². The standard InChI is InChI=1S/C25H31N3O7/c1-10(2)27-9-12-7-15(28(3)4)14-6-11-5-13-8-16(29)19(24(26)34)23(33)25(13,35)22(32)17(11)21(31)18(14)20(12)30/h7,10-11,13,27,30-31,33,35H,5-6,8-9H2,1-4H3,(H2,26,34)/t11-,13+,25+/m1/s1. The Balaban J connectivity index is 1.92. The van der Waals surface area contributed by atoms with Crippen LogP contribution in [0.1, 0.15) is 43.4 Å². The van der Waals surface area contributed by atoms with Crippen LogP contribution < -0.4 is 16.0 Å². The third-order valence-electron chi connectivity index (χ3n) is 7.30. The van der Waals surface area contributed by atoms with E-state index >= 15 is 0 Å². The lowest BCUT2D eigenvalue weighted by molar-refractivity contribution is -0.147. The van der Waals surface area contributed by atoms with Crippen molar-refractivity contribution in [2.75, 3.05) is 19.0 Å². The number of benzene rings is 1. The molecule has 10 heteroatoms. The number of carbonyl (C=O) groups excluding carboxylic acids is 3. The fourth-order valence-electron chi connectivity index (χ4n) is 5.57. The minimum Gasteiger partial charge on any atom is -0.508 e. The number of hydrogen-bond acceptors (Lipinski definition) is 9. The summed E-state index contributed by atoms with van der Waals surface area (Å²) in [6.07, 6.45) is 0.0358. The summed E-state index contributed by atoms with van der Waals surface area (Å²) in [5, 5.41) is 47.7. The maximum atomic E-state index is 13.6. The third-order valence-corrected chi connectivity index (χ3v) is 7.30. The first-order valence-corrected chi connectivity index (χ1v) is 11.6. The van der Waals surface area contributed by atoms with E-state index in [0.717, 1.165) is 5.69 Å². The smallest absolute Gasteiger partial charge is 0.255 e. The van der Waals surface area contributed by atoms with Crippen LogP contribution in [0.5, 0.6) is 5.75 Å². The van der Waals surface area contributed by atoms with Gasteiger partial charge in [0, 0.05) is 55.8 Å². The molecule has 3 atom stereocenters. The minimum absolute atomic E-state index is 0.101. The van der Waals surface area contributed by atoms with Crippen LogP contribution in [0.3, 0.4) is 0 Å². The molecule has 10 nitrogen and oxygen atoms in total. The van der Waals surface area contributed by atoms with Gasteiger partial charge in [-0.05, 0) is 30.4 Å². The Kier molecular flexibility index (Phi) is 5.93. The summed E-state index contributed by atoms with van der Waals surface area (Å²) in [6, 6.07) is 1.97. The number of primary amides is 1. The Hall–Kier alpha value is -3.37. The van der Waals surface area contributed by atoms with E-state index in [9.17, 15) is 34.8 Å². The number of amides is 1. The number of carbonyl (C=O) groups is 3. The summed E-state index contributed by atoms with van der Waals surface area (Å²) >= 11 is 0. The lowest BCUT2D eigenvalue weighted by Gasteiger charge is -2.46. The second kappa shape index (κ2) is 8.39. The van der Waals surface area contributed by atoms with E-state index in [1.54, 1.807) is 0 Å². The van der Waals surface area contributed by atoms with Gasteiger partial charge in [-0.1, -0.05) is 13.8 Å².